The highest BCUT2D eigenvalue weighted by Crippen LogP contribution is 2.29. The molecule has 2 aromatic carbocycles. The number of aromatic hydroxyl groups is 1. The number of Topliss-reactive ketones (excluding diaryl/α,β-unsaturated/α-hetero) is 1. The van der Waals surface area contributed by atoms with E-state index in [0.717, 1.165) is 0 Å². The molecule has 0 saturated carbocycles. The summed E-state index contributed by atoms with van der Waals surface area (Å²) in [6.45, 7) is 0. The Kier molecular flexibility index (Phi) is 3.57. The molecule has 23 heavy (non-hydrogen) atoms. The molecule has 1 heterocycles. The highest BCUT2D eigenvalue weighted by atomic mass is 32.2. The average molecular weight is 331 g/mol. The van der Waals surface area contributed by atoms with Crippen molar-refractivity contribution in [1.29, 1.82) is 0 Å². The molecule has 1 aliphatic rings. The number of allylic oxidation sites excluding steroid dienone is 1. The van der Waals surface area contributed by atoms with E-state index in [2.05, 4.69) is 4.72 Å². The van der Waals surface area contributed by atoms with Gasteiger partial charge < -0.3 is 9.84 Å². The van der Waals surface area contributed by atoms with Crippen molar-refractivity contribution in [2.24, 2.45) is 0 Å². The summed E-state index contributed by atoms with van der Waals surface area (Å²) in [5.74, 6) is -0.233. The first-order valence-electron chi connectivity index (χ1n) is 6.67. The van der Waals surface area contributed by atoms with Crippen molar-refractivity contribution < 1.29 is 23.1 Å². The predicted octanol–water partition coefficient (Wildman–Crippen LogP) is 1.92. The fraction of sp³-hybridized carbons (Fsp3) is 0.0625. The quantitative estimate of drug-likeness (QED) is 0.820. The number of carbonyl (C=O) groups excluding carboxylic acids is 1. The Morgan fingerprint density at radius 1 is 1.17 bits per heavy atom. The van der Waals surface area contributed by atoms with Gasteiger partial charge in [-0.2, -0.15) is 0 Å². The van der Waals surface area contributed by atoms with Gasteiger partial charge in [-0.15, -0.1) is 0 Å². The van der Waals surface area contributed by atoms with E-state index >= 15 is 0 Å². The Labute approximate surface area is 133 Å². The summed E-state index contributed by atoms with van der Waals surface area (Å²) in [4.78, 5) is 12.4. The van der Waals surface area contributed by atoms with Crippen LogP contribution >= 0.6 is 0 Å². The minimum Gasteiger partial charge on any atom is -0.504 e. The summed E-state index contributed by atoms with van der Waals surface area (Å²) in [6, 6.07) is 10.5. The second-order valence-corrected chi connectivity index (χ2v) is 6.57. The number of nitrogens with one attached hydrogen (secondary N) is 1. The summed E-state index contributed by atoms with van der Waals surface area (Å²) < 4.78 is 31.7. The van der Waals surface area contributed by atoms with Crippen LogP contribution in [-0.4, -0.2) is 26.4 Å². The van der Waals surface area contributed by atoms with E-state index < -0.39 is 15.8 Å². The first-order valence-corrected chi connectivity index (χ1v) is 8.16. The van der Waals surface area contributed by atoms with Crippen LogP contribution in [0.2, 0.25) is 0 Å². The average Bonchev–Trinajstić information content (AvgIpc) is 2.54. The molecule has 0 atom stereocenters. The molecule has 1 aliphatic heterocycles. The number of rotatable bonds is 2. The fourth-order valence-corrected chi connectivity index (χ4v) is 3.58. The number of fused-ring (bicyclic) bond motifs is 1. The molecule has 3 rings (SSSR count). The summed E-state index contributed by atoms with van der Waals surface area (Å²) in [5, 5.41) is 9.58. The van der Waals surface area contributed by atoms with Gasteiger partial charge in [0.25, 0.3) is 10.0 Å². The van der Waals surface area contributed by atoms with Crippen LogP contribution in [-0.2, 0) is 10.0 Å². The van der Waals surface area contributed by atoms with Crippen LogP contribution in [0.15, 0.2) is 53.1 Å². The molecule has 118 valence electrons. The Bertz CT molecular complexity index is 931. The van der Waals surface area contributed by atoms with Gasteiger partial charge in [-0.05, 0) is 35.9 Å². The van der Waals surface area contributed by atoms with E-state index in [9.17, 15) is 18.3 Å². The standard InChI is InChI=1S/C16H13NO5S/c1-22-14-9-10(6-7-13(14)18)8-12-16(19)11-4-2-3-5-15(11)23(20,21)17-12/h2-9,17-18H,1H3. The minimum atomic E-state index is -3.79. The SMILES string of the molecule is COc1cc(C=C2NS(=O)(=O)c3ccccc3C2=O)ccc1O. The maximum Gasteiger partial charge on any atom is 0.262 e. The van der Waals surface area contributed by atoms with Crippen LogP contribution in [0.4, 0.5) is 0 Å². The molecule has 6 nitrogen and oxygen atoms in total. The second kappa shape index (κ2) is 5.44. The van der Waals surface area contributed by atoms with Crippen molar-refractivity contribution in [1.82, 2.24) is 4.72 Å². The summed E-state index contributed by atoms with van der Waals surface area (Å²) in [5.41, 5.74) is 0.588. The van der Waals surface area contributed by atoms with Gasteiger partial charge in [-0.3, -0.25) is 9.52 Å². The van der Waals surface area contributed by atoms with Crippen LogP contribution < -0.4 is 9.46 Å². The van der Waals surface area contributed by atoms with Gasteiger partial charge in [0.15, 0.2) is 11.5 Å². The number of hydrogen-bond acceptors (Lipinski definition) is 5. The zero-order valence-electron chi connectivity index (χ0n) is 12.1. The normalized spacial score (nSPS) is 17.4. The van der Waals surface area contributed by atoms with Crippen molar-refractivity contribution in [2.45, 2.75) is 4.90 Å². The number of methoxy groups -OCH3 is 1. The van der Waals surface area contributed by atoms with Crippen LogP contribution in [0.25, 0.3) is 6.08 Å². The maximum atomic E-state index is 12.5. The number of phenolic OH excluding ortho intramolecular Hbond substituents is 1. The molecule has 0 aromatic heterocycles. The predicted molar refractivity (Wildman–Crippen MR) is 83.7 cm³/mol. The molecule has 2 N–H and O–H groups in total. The molecule has 0 aliphatic carbocycles. The zero-order chi connectivity index (χ0) is 16.6. The summed E-state index contributed by atoms with van der Waals surface area (Å²) >= 11 is 0. The van der Waals surface area contributed by atoms with Gasteiger partial charge in [0.1, 0.15) is 0 Å². The van der Waals surface area contributed by atoms with E-state index in [-0.39, 0.29) is 27.7 Å². The van der Waals surface area contributed by atoms with Gasteiger partial charge in [0.05, 0.1) is 17.7 Å². The van der Waals surface area contributed by atoms with Crippen molar-refractivity contribution in [3.05, 3.63) is 59.3 Å². The van der Waals surface area contributed by atoms with Crippen LogP contribution in [0, 0.1) is 0 Å². The monoisotopic (exact) mass is 331 g/mol. The number of sulfonamides is 1. The summed E-state index contributed by atoms with van der Waals surface area (Å²) in [7, 11) is -2.39. The molecule has 7 heteroatoms. The number of hydrogen-bond donors (Lipinski definition) is 2. The highest BCUT2D eigenvalue weighted by Gasteiger charge is 2.31. The maximum absolute atomic E-state index is 12.5. The third-order valence-corrected chi connectivity index (χ3v) is 4.85. The molecule has 0 saturated heterocycles. The van der Waals surface area contributed by atoms with E-state index in [0.29, 0.717) is 5.56 Å². The van der Waals surface area contributed by atoms with E-state index in [4.69, 9.17) is 4.74 Å². The van der Waals surface area contributed by atoms with E-state index in [1.165, 1.54) is 37.5 Å². The summed E-state index contributed by atoms with van der Waals surface area (Å²) in [6.07, 6.45) is 1.40. The number of ether oxygens (including phenoxy) is 1. The molecular weight excluding hydrogens is 318 g/mol. The lowest BCUT2D eigenvalue weighted by Crippen LogP contribution is -2.34. The molecule has 0 radical (unpaired) electrons. The van der Waals surface area contributed by atoms with Gasteiger partial charge >= 0.3 is 0 Å². The van der Waals surface area contributed by atoms with Gasteiger partial charge in [-0.1, -0.05) is 18.2 Å². The molecule has 0 amide bonds. The zero-order valence-corrected chi connectivity index (χ0v) is 12.9. The van der Waals surface area contributed by atoms with Crippen molar-refractivity contribution in [3.8, 4) is 11.5 Å². The lowest BCUT2D eigenvalue weighted by Gasteiger charge is -2.19. The van der Waals surface area contributed by atoms with E-state index in [1.54, 1.807) is 18.2 Å². The molecular formula is C16H13NO5S. The van der Waals surface area contributed by atoms with E-state index in [1.807, 2.05) is 0 Å². The second-order valence-electron chi connectivity index (χ2n) is 4.92. The van der Waals surface area contributed by atoms with Crippen molar-refractivity contribution >= 4 is 21.9 Å². The Morgan fingerprint density at radius 3 is 2.65 bits per heavy atom. The van der Waals surface area contributed by atoms with Crippen LogP contribution in [0.1, 0.15) is 15.9 Å². The molecule has 0 unspecified atom stereocenters. The first kappa shape index (κ1) is 15.1. The van der Waals surface area contributed by atoms with Crippen LogP contribution in [0.5, 0.6) is 11.5 Å². The Balaban J connectivity index is 2.10. The largest absolute Gasteiger partial charge is 0.504 e. The molecule has 0 fully saturated rings. The smallest absolute Gasteiger partial charge is 0.262 e. The van der Waals surface area contributed by atoms with Gasteiger partial charge in [0, 0.05) is 5.56 Å². The molecule has 0 spiro atoms. The topological polar surface area (TPSA) is 92.7 Å². The van der Waals surface area contributed by atoms with Gasteiger partial charge in [0.2, 0.25) is 5.78 Å². The van der Waals surface area contributed by atoms with Gasteiger partial charge in [-0.25, -0.2) is 8.42 Å². The third kappa shape index (κ3) is 2.66. The molecule has 0 bridgehead atoms. The fourth-order valence-electron chi connectivity index (χ4n) is 2.33. The lowest BCUT2D eigenvalue weighted by atomic mass is 10.1. The number of benzene rings is 2. The third-order valence-electron chi connectivity index (χ3n) is 3.42. The Morgan fingerprint density at radius 2 is 1.91 bits per heavy atom. The highest BCUT2D eigenvalue weighted by molar-refractivity contribution is 7.90. The Hall–Kier alpha value is -2.80. The van der Waals surface area contributed by atoms with Crippen molar-refractivity contribution in [2.75, 3.05) is 7.11 Å². The van der Waals surface area contributed by atoms with Crippen molar-refractivity contribution in [3.63, 3.8) is 0 Å². The number of carbonyl (C=O) groups is 1. The van der Waals surface area contributed by atoms with Crippen LogP contribution in [0.3, 0.4) is 0 Å². The number of ketones is 1. The molecule has 2 aromatic rings. The lowest BCUT2D eigenvalue weighted by molar-refractivity contribution is 0.102. The number of phenols is 1. The first-order chi connectivity index (χ1) is 10.9. The minimum absolute atomic E-state index is 0.0366.